The van der Waals surface area contributed by atoms with Crippen LogP contribution in [-0.4, -0.2) is 26.7 Å². The number of hydrogen-bond donors (Lipinski definition) is 2. The molecule has 3 aromatic rings. The standard InChI is InChI=1S/C12H11N5O3/c1-19-9-3-2-7(4-8(9)13)20-11-5-10-15-16-12(18)17(10)6-14-11/h2-6H,13H2,1H3,(H,16,18). The average Bonchev–Trinajstić information content (AvgIpc) is 2.80. The zero-order valence-corrected chi connectivity index (χ0v) is 10.5. The number of nitrogens with zero attached hydrogens (tertiary/aromatic N) is 3. The van der Waals surface area contributed by atoms with E-state index in [1.807, 2.05) is 0 Å². The molecular formula is C12H11N5O3. The van der Waals surface area contributed by atoms with Crippen LogP contribution in [0.4, 0.5) is 5.69 Å². The molecule has 1 aromatic carbocycles. The predicted molar refractivity (Wildman–Crippen MR) is 71.1 cm³/mol. The molecule has 0 bridgehead atoms. The number of fused-ring (bicyclic) bond motifs is 1. The lowest BCUT2D eigenvalue weighted by atomic mass is 10.3. The fourth-order valence-corrected chi connectivity index (χ4v) is 1.75. The molecule has 0 radical (unpaired) electrons. The Bertz CT molecular complexity index is 823. The summed E-state index contributed by atoms with van der Waals surface area (Å²) in [4.78, 5) is 15.3. The number of hydrogen-bond acceptors (Lipinski definition) is 6. The minimum absolute atomic E-state index is 0.307. The van der Waals surface area contributed by atoms with Gasteiger partial charge in [-0.3, -0.25) is 0 Å². The van der Waals surface area contributed by atoms with Crippen LogP contribution in [0, 0.1) is 0 Å². The van der Waals surface area contributed by atoms with Crippen molar-refractivity contribution in [2.75, 3.05) is 12.8 Å². The maximum Gasteiger partial charge on any atom is 0.348 e. The van der Waals surface area contributed by atoms with E-state index >= 15 is 0 Å². The molecule has 0 aliphatic carbocycles. The number of rotatable bonds is 3. The molecule has 0 aliphatic rings. The van der Waals surface area contributed by atoms with E-state index in [0.29, 0.717) is 28.7 Å². The monoisotopic (exact) mass is 273 g/mol. The van der Waals surface area contributed by atoms with Gasteiger partial charge in [0.1, 0.15) is 17.8 Å². The van der Waals surface area contributed by atoms with Gasteiger partial charge in [0.05, 0.1) is 12.8 Å². The molecule has 3 rings (SSSR count). The molecule has 0 atom stereocenters. The second-order valence-corrected chi connectivity index (χ2v) is 3.99. The molecule has 3 N–H and O–H groups in total. The summed E-state index contributed by atoms with van der Waals surface area (Å²) in [6.45, 7) is 0. The molecule has 2 heterocycles. The first-order valence-corrected chi connectivity index (χ1v) is 5.71. The van der Waals surface area contributed by atoms with Gasteiger partial charge in [0.15, 0.2) is 5.65 Å². The average molecular weight is 273 g/mol. The van der Waals surface area contributed by atoms with Gasteiger partial charge in [-0.1, -0.05) is 0 Å². The van der Waals surface area contributed by atoms with E-state index in [2.05, 4.69) is 15.2 Å². The van der Waals surface area contributed by atoms with E-state index in [1.54, 1.807) is 24.3 Å². The molecular weight excluding hydrogens is 262 g/mol. The molecule has 2 aromatic heterocycles. The molecule has 0 unspecified atom stereocenters. The highest BCUT2D eigenvalue weighted by molar-refractivity contribution is 5.56. The first kappa shape index (κ1) is 12.0. The summed E-state index contributed by atoms with van der Waals surface area (Å²) in [5.41, 5.74) is 6.32. The first-order chi connectivity index (χ1) is 9.67. The summed E-state index contributed by atoms with van der Waals surface area (Å²) in [5.74, 6) is 1.39. The van der Waals surface area contributed by atoms with Gasteiger partial charge in [-0.25, -0.2) is 19.3 Å². The number of aromatic nitrogens is 4. The molecule has 8 nitrogen and oxygen atoms in total. The molecule has 0 amide bonds. The molecule has 0 saturated heterocycles. The number of benzene rings is 1. The number of H-pyrrole nitrogens is 1. The third-order valence-corrected chi connectivity index (χ3v) is 2.71. The van der Waals surface area contributed by atoms with Crippen molar-refractivity contribution in [1.82, 2.24) is 19.6 Å². The van der Waals surface area contributed by atoms with Crippen LogP contribution < -0.4 is 20.9 Å². The molecule has 20 heavy (non-hydrogen) atoms. The van der Waals surface area contributed by atoms with Gasteiger partial charge in [0.2, 0.25) is 5.88 Å². The minimum atomic E-state index is -0.354. The van der Waals surface area contributed by atoms with Gasteiger partial charge in [0, 0.05) is 12.1 Å². The number of nitrogens with two attached hydrogens (primary N) is 1. The fourth-order valence-electron chi connectivity index (χ4n) is 1.75. The summed E-state index contributed by atoms with van der Waals surface area (Å²) >= 11 is 0. The van der Waals surface area contributed by atoms with Crippen molar-refractivity contribution >= 4 is 11.3 Å². The van der Waals surface area contributed by atoms with Crippen LogP contribution in [0.5, 0.6) is 17.4 Å². The van der Waals surface area contributed by atoms with Gasteiger partial charge >= 0.3 is 5.69 Å². The van der Waals surface area contributed by atoms with E-state index in [1.165, 1.54) is 17.8 Å². The number of methoxy groups -OCH3 is 1. The van der Waals surface area contributed by atoms with E-state index in [9.17, 15) is 4.79 Å². The van der Waals surface area contributed by atoms with Gasteiger partial charge in [-0.2, -0.15) is 5.10 Å². The Morgan fingerprint density at radius 3 is 2.95 bits per heavy atom. The normalized spacial score (nSPS) is 10.7. The lowest BCUT2D eigenvalue weighted by Gasteiger charge is -2.08. The third-order valence-electron chi connectivity index (χ3n) is 2.71. The van der Waals surface area contributed by atoms with Crippen molar-refractivity contribution in [2.24, 2.45) is 0 Å². The Morgan fingerprint density at radius 1 is 1.35 bits per heavy atom. The Labute approximate surface area is 112 Å². The van der Waals surface area contributed by atoms with Crippen molar-refractivity contribution in [3.63, 3.8) is 0 Å². The summed E-state index contributed by atoms with van der Waals surface area (Å²) in [6.07, 6.45) is 1.34. The zero-order chi connectivity index (χ0) is 14.1. The Balaban J connectivity index is 1.92. The molecule has 0 aliphatic heterocycles. The van der Waals surface area contributed by atoms with E-state index in [4.69, 9.17) is 15.2 Å². The number of anilines is 1. The summed E-state index contributed by atoms with van der Waals surface area (Å²) in [5, 5.41) is 6.14. The number of ether oxygens (including phenoxy) is 2. The maximum atomic E-state index is 11.3. The van der Waals surface area contributed by atoms with Gasteiger partial charge in [-0.05, 0) is 12.1 Å². The van der Waals surface area contributed by atoms with Crippen molar-refractivity contribution in [2.45, 2.75) is 0 Å². The van der Waals surface area contributed by atoms with Gasteiger partial charge < -0.3 is 15.2 Å². The van der Waals surface area contributed by atoms with Crippen molar-refractivity contribution < 1.29 is 9.47 Å². The zero-order valence-electron chi connectivity index (χ0n) is 10.5. The summed E-state index contributed by atoms with van der Waals surface area (Å²) < 4.78 is 11.9. The van der Waals surface area contributed by atoms with Crippen LogP contribution in [0.25, 0.3) is 5.65 Å². The van der Waals surface area contributed by atoms with Crippen LogP contribution in [0.2, 0.25) is 0 Å². The van der Waals surface area contributed by atoms with Crippen molar-refractivity contribution in [3.05, 3.63) is 41.1 Å². The van der Waals surface area contributed by atoms with Crippen LogP contribution in [-0.2, 0) is 0 Å². The Morgan fingerprint density at radius 2 is 2.20 bits per heavy atom. The second kappa shape index (κ2) is 4.57. The lowest BCUT2D eigenvalue weighted by Crippen LogP contribution is -2.09. The lowest BCUT2D eigenvalue weighted by molar-refractivity contribution is 0.414. The Hall–Kier alpha value is -3.03. The fraction of sp³-hybridized carbons (Fsp3) is 0.0833. The first-order valence-electron chi connectivity index (χ1n) is 5.71. The van der Waals surface area contributed by atoms with E-state index < -0.39 is 0 Å². The highest BCUT2D eigenvalue weighted by Crippen LogP contribution is 2.28. The largest absolute Gasteiger partial charge is 0.495 e. The van der Waals surface area contributed by atoms with E-state index in [0.717, 1.165) is 0 Å². The number of nitrogen functional groups attached to an aromatic ring is 1. The quantitative estimate of drug-likeness (QED) is 0.683. The predicted octanol–water partition coefficient (Wildman–Crippen LogP) is 0.801. The maximum absolute atomic E-state index is 11.3. The summed E-state index contributed by atoms with van der Waals surface area (Å²) in [7, 11) is 1.54. The van der Waals surface area contributed by atoms with Crippen molar-refractivity contribution in [3.8, 4) is 17.4 Å². The second-order valence-electron chi connectivity index (χ2n) is 3.99. The van der Waals surface area contributed by atoms with Crippen LogP contribution >= 0.6 is 0 Å². The molecule has 102 valence electrons. The van der Waals surface area contributed by atoms with Crippen LogP contribution in [0.3, 0.4) is 0 Å². The molecule has 8 heteroatoms. The van der Waals surface area contributed by atoms with Gasteiger partial charge in [0.25, 0.3) is 0 Å². The van der Waals surface area contributed by atoms with Crippen molar-refractivity contribution in [1.29, 1.82) is 0 Å². The number of nitrogens with one attached hydrogen (secondary N) is 1. The number of aromatic amines is 1. The minimum Gasteiger partial charge on any atom is -0.495 e. The molecule has 0 spiro atoms. The summed E-state index contributed by atoms with van der Waals surface area (Å²) in [6, 6.07) is 6.57. The smallest absolute Gasteiger partial charge is 0.348 e. The van der Waals surface area contributed by atoms with Crippen LogP contribution in [0.1, 0.15) is 0 Å². The molecule has 0 saturated carbocycles. The van der Waals surface area contributed by atoms with E-state index in [-0.39, 0.29) is 5.69 Å². The highest BCUT2D eigenvalue weighted by atomic mass is 16.5. The van der Waals surface area contributed by atoms with Gasteiger partial charge in [-0.15, -0.1) is 0 Å². The Kier molecular flexibility index (Phi) is 2.75. The van der Waals surface area contributed by atoms with Crippen LogP contribution in [0.15, 0.2) is 35.4 Å². The topological polar surface area (TPSA) is 108 Å². The SMILES string of the molecule is COc1ccc(Oc2cc3n[nH]c(=O)n3cn2)cc1N. The molecule has 0 fully saturated rings. The highest BCUT2D eigenvalue weighted by Gasteiger charge is 2.06. The third kappa shape index (κ3) is 2.03.